The highest BCUT2D eigenvalue weighted by atomic mass is 14.4. The Morgan fingerprint density at radius 3 is 0.944 bits per heavy atom. The maximum Gasteiger partial charge on any atom is -0.00110 e. The molecule has 54 heavy (non-hydrogen) atoms. The van der Waals surface area contributed by atoms with Crippen LogP contribution in [0.4, 0.5) is 0 Å². The van der Waals surface area contributed by atoms with Gasteiger partial charge in [0.25, 0.3) is 0 Å². The third kappa shape index (κ3) is 7.16. The van der Waals surface area contributed by atoms with Gasteiger partial charge in [-0.05, 0) is 128 Å². The van der Waals surface area contributed by atoms with Crippen molar-refractivity contribution in [2.75, 3.05) is 0 Å². The van der Waals surface area contributed by atoms with Crippen LogP contribution in [0.25, 0.3) is 55.6 Å². The van der Waals surface area contributed by atoms with Gasteiger partial charge in [0.05, 0.1) is 0 Å². The van der Waals surface area contributed by atoms with Crippen molar-refractivity contribution in [3.8, 4) is 55.6 Å². The predicted molar refractivity (Wildman–Crippen MR) is 239 cm³/mol. The second-order valence-electron chi connectivity index (χ2n) is 22.4. The highest BCUT2D eigenvalue weighted by Crippen LogP contribution is 2.60. The normalized spacial score (nSPS) is 13.7. The zero-order valence-electron chi connectivity index (χ0n) is 37.1. The van der Waals surface area contributed by atoms with Crippen LogP contribution in [-0.2, 0) is 32.5 Å². The molecule has 0 nitrogen and oxygen atoms in total. The van der Waals surface area contributed by atoms with Crippen LogP contribution in [0.5, 0.6) is 0 Å². The summed E-state index contributed by atoms with van der Waals surface area (Å²) in [4.78, 5) is 0. The molecule has 0 heterocycles. The van der Waals surface area contributed by atoms with Crippen molar-refractivity contribution in [3.63, 3.8) is 0 Å². The first-order valence-corrected chi connectivity index (χ1v) is 20.4. The highest BCUT2D eigenvalue weighted by molar-refractivity contribution is 6.16. The van der Waals surface area contributed by atoms with Gasteiger partial charge < -0.3 is 0 Å². The lowest BCUT2D eigenvalue weighted by Crippen LogP contribution is -2.20. The Morgan fingerprint density at radius 2 is 0.556 bits per heavy atom. The van der Waals surface area contributed by atoms with Crippen LogP contribution in [0, 0.1) is 0 Å². The molecule has 284 valence electrons. The van der Waals surface area contributed by atoms with Gasteiger partial charge in [-0.1, -0.05) is 203 Å². The molecule has 0 spiro atoms. The fraction of sp³-hybridized carbons (Fsp3) is 0.444. The highest BCUT2D eigenvalue weighted by Gasteiger charge is 2.36. The molecule has 0 atom stereocenters. The van der Waals surface area contributed by atoms with Gasteiger partial charge >= 0.3 is 0 Å². The molecule has 0 unspecified atom stereocenters. The third-order valence-electron chi connectivity index (χ3n) is 11.7. The van der Waals surface area contributed by atoms with E-state index >= 15 is 0 Å². The Hall–Kier alpha value is -3.90. The fourth-order valence-corrected chi connectivity index (χ4v) is 8.37. The van der Waals surface area contributed by atoms with Gasteiger partial charge in [-0.15, -0.1) is 0 Å². The Bertz CT molecular complexity index is 2240. The minimum absolute atomic E-state index is 0.0357. The van der Waals surface area contributed by atoms with E-state index in [1.807, 2.05) is 0 Å². The van der Waals surface area contributed by atoms with E-state index in [0.717, 1.165) is 0 Å². The number of benzene rings is 5. The van der Waals surface area contributed by atoms with Crippen molar-refractivity contribution >= 4 is 0 Å². The molecule has 0 radical (unpaired) electrons. The summed E-state index contributed by atoms with van der Waals surface area (Å²) >= 11 is 0. The molecule has 0 saturated heterocycles. The van der Waals surface area contributed by atoms with Crippen molar-refractivity contribution in [2.45, 2.75) is 157 Å². The zero-order chi connectivity index (χ0) is 40.1. The molecule has 0 aromatic heterocycles. The van der Waals surface area contributed by atoms with Gasteiger partial charge in [0, 0.05) is 0 Å². The van der Waals surface area contributed by atoms with Gasteiger partial charge in [0.1, 0.15) is 0 Å². The van der Waals surface area contributed by atoms with E-state index in [2.05, 4.69) is 210 Å². The van der Waals surface area contributed by atoms with Crippen LogP contribution in [0.15, 0.2) is 84.9 Å². The molecule has 1 aliphatic rings. The van der Waals surface area contributed by atoms with E-state index in [1.54, 1.807) is 0 Å². The lowest BCUT2D eigenvalue weighted by molar-refractivity contribution is 0.568. The smallest absolute Gasteiger partial charge is 0.00110 e. The molecule has 0 fully saturated rings. The minimum Gasteiger partial charge on any atom is -0.0616 e. The molecular formula is C54H68. The first-order chi connectivity index (χ1) is 24.6. The molecule has 5 aromatic rings. The molecule has 0 heteroatoms. The average molecular weight is 717 g/mol. The molecule has 0 bridgehead atoms. The number of hydrogen-bond donors (Lipinski definition) is 0. The number of rotatable bonds is 3. The standard InChI is InChI=1S/C54H68/c1-49(2,3)33-23-26-37(43(29-33)52(10,11)12)42-32-41-36-21-19-20-22-38(36)46(41)48(40-28-25-35(51(7,8)9)31-45(40)54(16,17)18)47(42)39-27-24-34(50(4,5)6)30-44(39)53(13,14)15/h19-32H,1-18H3. The summed E-state index contributed by atoms with van der Waals surface area (Å²) in [7, 11) is 0. The topological polar surface area (TPSA) is 0 Å². The van der Waals surface area contributed by atoms with E-state index in [1.165, 1.54) is 89.0 Å². The van der Waals surface area contributed by atoms with E-state index in [4.69, 9.17) is 0 Å². The van der Waals surface area contributed by atoms with Crippen LogP contribution >= 0.6 is 0 Å². The van der Waals surface area contributed by atoms with Crippen molar-refractivity contribution in [1.82, 2.24) is 0 Å². The van der Waals surface area contributed by atoms with Gasteiger partial charge in [0.15, 0.2) is 0 Å². The maximum absolute atomic E-state index is 2.56. The number of hydrogen-bond acceptors (Lipinski definition) is 0. The Balaban J connectivity index is 1.90. The molecule has 6 rings (SSSR count). The summed E-state index contributed by atoms with van der Waals surface area (Å²) in [5, 5.41) is 0. The van der Waals surface area contributed by atoms with E-state index in [9.17, 15) is 0 Å². The predicted octanol–water partition coefficient (Wildman–Crippen LogP) is 16.1. The zero-order valence-corrected chi connectivity index (χ0v) is 37.1. The Kier molecular flexibility index (Phi) is 9.45. The van der Waals surface area contributed by atoms with Crippen molar-refractivity contribution in [3.05, 3.63) is 118 Å². The van der Waals surface area contributed by atoms with Gasteiger partial charge in [-0.2, -0.15) is 0 Å². The summed E-state index contributed by atoms with van der Waals surface area (Å²) in [6.07, 6.45) is 0. The third-order valence-corrected chi connectivity index (χ3v) is 11.7. The lowest BCUT2D eigenvalue weighted by atomic mass is 9.67. The SMILES string of the molecule is CC(C)(C)c1ccc(-c2cc3c(c(-c4ccc(C(C)(C)C)cc4C(C)(C)C)c2-c2ccc(C(C)(C)C)cc2C(C)(C)C)-c2ccccc2-3)c(C(C)(C)C)c1. The molecule has 0 N–H and O–H groups in total. The van der Waals surface area contributed by atoms with E-state index < -0.39 is 0 Å². The largest absolute Gasteiger partial charge is 0.0616 e. The first-order valence-electron chi connectivity index (χ1n) is 20.4. The first kappa shape index (κ1) is 39.8. The van der Waals surface area contributed by atoms with Crippen molar-refractivity contribution in [2.24, 2.45) is 0 Å². The average Bonchev–Trinajstić information content (AvgIpc) is 3.03. The Labute approximate surface area is 329 Å². The monoisotopic (exact) mass is 717 g/mol. The van der Waals surface area contributed by atoms with Crippen molar-refractivity contribution < 1.29 is 0 Å². The summed E-state index contributed by atoms with van der Waals surface area (Å²) in [5.74, 6) is 0. The van der Waals surface area contributed by atoms with Crippen LogP contribution in [-0.4, -0.2) is 0 Å². The minimum atomic E-state index is -0.0854. The summed E-state index contributed by atoms with van der Waals surface area (Å²) in [6.45, 7) is 42.6. The lowest BCUT2D eigenvalue weighted by Gasteiger charge is -2.36. The summed E-state index contributed by atoms with van der Waals surface area (Å²) < 4.78 is 0. The summed E-state index contributed by atoms with van der Waals surface area (Å²) in [5.41, 5.74) is 21.8. The van der Waals surface area contributed by atoms with Crippen LogP contribution in [0.2, 0.25) is 0 Å². The second kappa shape index (κ2) is 12.8. The molecule has 0 aliphatic heterocycles. The van der Waals surface area contributed by atoms with E-state index in [0.29, 0.717) is 0 Å². The quantitative estimate of drug-likeness (QED) is 0.171. The van der Waals surface area contributed by atoms with E-state index in [-0.39, 0.29) is 32.5 Å². The summed E-state index contributed by atoms with van der Waals surface area (Å²) in [6, 6.07) is 33.8. The molecule has 5 aromatic carbocycles. The van der Waals surface area contributed by atoms with Gasteiger partial charge in [0.2, 0.25) is 0 Å². The van der Waals surface area contributed by atoms with Gasteiger partial charge in [-0.25, -0.2) is 0 Å². The fourth-order valence-electron chi connectivity index (χ4n) is 8.37. The molecule has 0 saturated carbocycles. The number of fused-ring (bicyclic) bond motifs is 4. The second-order valence-corrected chi connectivity index (χ2v) is 22.4. The molecular weight excluding hydrogens is 649 g/mol. The van der Waals surface area contributed by atoms with Gasteiger partial charge in [-0.3, -0.25) is 0 Å². The Morgan fingerprint density at radius 1 is 0.241 bits per heavy atom. The van der Waals surface area contributed by atoms with Crippen LogP contribution in [0.3, 0.4) is 0 Å². The van der Waals surface area contributed by atoms with Crippen molar-refractivity contribution in [1.29, 1.82) is 0 Å². The van der Waals surface area contributed by atoms with Crippen LogP contribution in [0.1, 0.15) is 158 Å². The maximum atomic E-state index is 2.56. The van der Waals surface area contributed by atoms with Crippen LogP contribution < -0.4 is 0 Å². The molecule has 0 amide bonds. The molecule has 1 aliphatic carbocycles.